The molecule has 1 aliphatic rings. The van der Waals surface area contributed by atoms with Crippen LogP contribution in [0.5, 0.6) is 5.75 Å². The number of rotatable bonds is 4. The van der Waals surface area contributed by atoms with Gasteiger partial charge in [0.25, 0.3) is 0 Å². The van der Waals surface area contributed by atoms with Crippen LogP contribution in [0.15, 0.2) is 36.4 Å². The summed E-state index contributed by atoms with van der Waals surface area (Å²) >= 11 is 0. The van der Waals surface area contributed by atoms with Crippen molar-refractivity contribution in [2.75, 3.05) is 12.4 Å². The summed E-state index contributed by atoms with van der Waals surface area (Å²) in [6.07, 6.45) is 3.76. The first-order valence-corrected chi connectivity index (χ1v) is 7.70. The second kappa shape index (κ2) is 5.80. The lowest BCUT2D eigenvalue weighted by Crippen LogP contribution is -2.08. The first kappa shape index (κ1) is 14.0. The van der Waals surface area contributed by atoms with E-state index in [2.05, 4.69) is 55.6 Å². The highest BCUT2D eigenvalue weighted by atomic mass is 16.5. The van der Waals surface area contributed by atoms with Crippen molar-refractivity contribution in [3.05, 3.63) is 58.7 Å². The third kappa shape index (κ3) is 2.90. The van der Waals surface area contributed by atoms with E-state index in [-0.39, 0.29) is 6.04 Å². The highest BCUT2D eigenvalue weighted by Crippen LogP contribution is 2.31. The van der Waals surface area contributed by atoms with E-state index in [0.717, 1.165) is 11.4 Å². The van der Waals surface area contributed by atoms with Crippen LogP contribution in [-0.2, 0) is 12.8 Å². The lowest BCUT2D eigenvalue weighted by molar-refractivity contribution is 0.416. The molecule has 0 fully saturated rings. The summed E-state index contributed by atoms with van der Waals surface area (Å²) in [6, 6.07) is 13.5. The monoisotopic (exact) mass is 281 g/mol. The van der Waals surface area contributed by atoms with E-state index in [1.165, 1.54) is 41.5 Å². The molecule has 0 aliphatic heterocycles. The first-order chi connectivity index (χ1) is 10.2. The van der Waals surface area contributed by atoms with Crippen molar-refractivity contribution in [1.29, 1.82) is 0 Å². The number of methoxy groups -OCH3 is 1. The topological polar surface area (TPSA) is 21.3 Å². The zero-order valence-corrected chi connectivity index (χ0v) is 13.1. The second-order valence-corrected chi connectivity index (χ2v) is 5.95. The quantitative estimate of drug-likeness (QED) is 0.879. The maximum atomic E-state index is 5.47. The molecule has 1 atom stereocenters. The first-order valence-electron chi connectivity index (χ1n) is 7.70. The molecule has 0 spiro atoms. The molecule has 2 heteroatoms. The molecule has 2 aromatic carbocycles. The summed E-state index contributed by atoms with van der Waals surface area (Å²) in [5.41, 5.74) is 6.66. The van der Waals surface area contributed by atoms with Gasteiger partial charge in [0.2, 0.25) is 0 Å². The maximum absolute atomic E-state index is 5.47. The van der Waals surface area contributed by atoms with Gasteiger partial charge in [-0.25, -0.2) is 0 Å². The number of fused-ring (bicyclic) bond motifs is 1. The standard InChI is InChI=1S/C19H23NO/c1-13-7-10-18(19(11-13)21-3)20-14(2)16-9-8-15-5-4-6-17(15)12-16/h7-12,14,20H,4-6H2,1-3H3. The SMILES string of the molecule is COc1cc(C)ccc1NC(C)c1ccc2c(c1)CCC2. The average Bonchev–Trinajstić information content (AvgIpc) is 2.96. The zero-order valence-electron chi connectivity index (χ0n) is 13.1. The molecule has 1 N–H and O–H groups in total. The van der Waals surface area contributed by atoms with Gasteiger partial charge in [-0.3, -0.25) is 0 Å². The van der Waals surface area contributed by atoms with E-state index < -0.39 is 0 Å². The van der Waals surface area contributed by atoms with Gasteiger partial charge in [-0.1, -0.05) is 24.3 Å². The molecule has 0 aromatic heterocycles. The number of hydrogen-bond donors (Lipinski definition) is 1. The number of benzene rings is 2. The Hall–Kier alpha value is -1.96. The van der Waals surface area contributed by atoms with Crippen LogP contribution in [-0.4, -0.2) is 7.11 Å². The van der Waals surface area contributed by atoms with Crippen LogP contribution < -0.4 is 10.1 Å². The predicted octanol–water partition coefficient (Wildman–Crippen LogP) is 4.67. The Morgan fingerprint density at radius 1 is 1.05 bits per heavy atom. The Bertz CT molecular complexity index is 648. The molecule has 0 heterocycles. The van der Waals surface area contributed by atoms with Gasteiger partial charge in [-0.2, -0.15) is 0 Å². The maximum Gasteiger partial charge on any atom is 0.142 e. The fourth-order valence-electron chi connectivity index (χ4n) is 3.10. The summed E-state index contributed by atoms with van der Waals surface area (Å²) in [7, 11) is 1.72. The largest absolute Gasteiger partial charge is 0.495 e. The summed E-state index contributed by atoms with van der Waals surface area (Å²) in [5, 5.41) is 3.57. The van der Waals surface area contributed by atoms with Gasteiger partial charge in [0.1, 0.15) is 5.75 Å². The van der Waals surface area contributed by atoms with Crippen molar-refractivity contribution in [2.45, 2.75) is 39.2 Å². The van der Waals surface area contributed by atoms with Crippen LogP contribution in [0, 0.1) is 6.92 Å². The Kier molecular flexibility index (Phi) is 3.87. The van der Waals surface area contributed by atoms with Gasteiger partial charge in [0.05, 0.1) is 12.8 Å². The van der Waals surface area contributed by atoms with Crippen LogP contribution in [0.4, 0.5) is 5.69 Å². The van der Waals surface area contributed by atoms with Crippen LogP contribution in [0.1, 0.15) is 41.6 Å². The summed E-state index contributed by atoms with van der Waals surface area (Å²) in [6.45, 7) is 4.28. The van der Waals surface area contributed by atoms with E-state index in [4.69, 9.17) is 4.74 Å². The molecule has 1 unspecified atom stereocenters. The molecule has 0 saturated heterocycles. The molecule has 0 radical (unpaired) electrons. The molecule has 21 heavy (non-hydrogen) atoms. The lowest BCUT2D eigenvalue weighted by Gasteiger charge is -2.19. The summed E-state index contributed by atoms with van der Waals surface area (Å²) < 4.78 is 5.47. The minimum Gasteiger partial charge on any atom is -0.495 e. The van der Waals surface area contributed by atoms with E-state index in [1.54, 1.807) is 7.11 Å². The minimum absolute atomic E-state index is 0.271. The molecule has 0 saturated carbocycles. The van der Waals surface area contributed by atoms with Gasteiger partial charge >= 0.3 is 0 Å². The van der Waals surface area contributed by atoms with Gasteiger partial charge in [0.15, 0.2) is 0 Å². The Labute approximate surface area is 127 Å². The smallest absolute Gasteiger partial charge is 0.142 e. The number of hydrogen-bond acceptors (Lipinski definition) is 2. The molecule has 0 amide bonds. The van der Waals surface area contributed by atoms with E-state index >= 15 is 0 Å². The third-order valence-electron chi connectivity index (χ3n) is 4.35. The van der Waals surface area contributed by atoms with Crippen LogP contribution in [0.3, 0.4) is 0 Å². The van der Waals surface area contributed by atoms with E-state index in [9.17, 15) is 0 Å². The minimum atomic E-state index is 0.271. The normalized spacial score (nSPS) is 14.6. The van der Waals surface area contributed by atoms with Crippen molar-refractivity contribution in [3.8, 4) is 5.75 Å². The van der Waals surface area contributed by atoms with Crippen molar-refractivity contribution in [1.82, 2.24) is 0 Å². The molecule has 110 valence electrons. The highest BCUT2D eigenvalue weighted by Gasteiger charge is 2.14. The molecule has 2 aromatic rings. The van der Waals surface area contributed by atoms with E-state index in [0.29, 0.717) is 0 Å². The van der Waals surface area contributed by atoms with Crippen LogP contribution >= 0.6 is 0 Å². The van der Waals surface area contributed by atoms with Crippen molar-refractivity contribution < 1.29 is 4.74 Å². The van der Waals surface area contributed by atoms with Crippen molar-refractivity contribution in [2.24, 2.45) is 0 Å². The van der Waals surface area contributed by atoms with Crippen LogP contribution in [0.2, 0.25) is 0 Å². The van der Waals surface area contributed by atoms with Crippen molar-refractivity contribution >= 4 is 5.69 Å². The number of nitrogens with one attached hydrogen (secondary N) is 1. The van der Waals surface area contributed by atoms with Gasteiger partial charge in [-0.15, -0.1) is 0 Å². The van der Waals surface area contributed by atoms with Crippen molar-refractivity contribution in [3.63, 3.8) is 0 Å². The highest BCUT2D eigenvalue weighted by molar-refractivity contribution is 5.58. The fourth-order valence-corrected chi connectivity index (χ4v) is 3.10. The Balaban J connectivity index is 1.81. The average molecular weight is 281 g/mol. The Morgan fingerprint density at radius 2 is 1.86 bits per heavy atom. The lowest BCUT2D eigenvalue weighted by atomic mass is 10.0. The van der Waals surface area contributed by atoms with Gasteiger partial charge in [-0.05, 0) is 67.5 Å². The molecule has 0 bridgehead atoms. The summed E-state index contributed by atoms with van der Waals surface area (Å²) in [4.78, 5) is 0. The molecule has 3 rings (SSSR count). The predicted molar refractivity (Wildman–Crippen MR) is 88.2 cm³/mol. The summed E-state index contributed by atoms with van der Waals surface area (Å²) in [5.74, 6) is 0.906. The van der Waals surface area contributed by atoms with Gasteiger partial charge in [0, 0.05) is 6.04 Å². The fraction of sp³-hybridized carbons (Fsp3) is 0.368. The molecule has 1 aliphatic carbocycles. The number of aryl methyl sites for hydroxylation is 3. The van der Waals surface area contributed by atoms with E-state index in [1.807, 2.05) is 0 Å². The molecule has 2 nitrogen and oxygen atoms in total. The van der Waals surface area contributed by atoms with Crippen LogP contribution in [0.25, 0.3) is 0 Å². The third-order valence-corrected chi connectivity index (χ3v) is 4.35. The van der Waals surface area contributed by atoms with Gasteiger partial charge < -0.3 is 10.1 Å². The molecular weight excluding hydrogens is 258 g/mol. The zero-order chi connectivity index (χ0) is 14.8. The molecular formula is C19H23NO. The second-order valence-electron chi connectivity index (χ2n) is 5.95. The number of anilines is 1. The Morgan fingerprint density at radius 3 is 2.67 bits per heavy atom. The number of ether oxygens (including phenoxy) is 1.